The first-order valence-corrected chi connectivity index (χ1v) is 10.1. The number of benzene rings is 1. The van der Waals surface area contributed by atoms with Gasteiger partial charge in [0.2, 0.25) is 5.91 Å². The molecule has 1 amide bonds. The molecule has 0 aliphatic rings. The number of aliphatic hydroxyl groups is 2. The number of aliphatic hydroxyl groups excluding tert-OH is 1. The van der Waals surface area contributed by atoms with Gasteiger partial charge in [0.1, 0.15) is 11.4 Å². The normalized spacial score (nSPS) is 13.1. The molecule has 2 aromatic heterocycles. The Morgan fingerprint density at radius 1 is 1.35 bits per heavy atom. The van der Waals surface area contributed by atoms with Crippen molar-refractivity contribution < 1.29 is 19.7 Å². The van der Waals surface area contributed by atoms with Crippen molar-refractivity contribution in [2.75, 3.05) is 32.2 Å². The number of carbonyl (C=O) groups excluding carboxylic acids is 1. The van der Waals surface area contributed by atoms with Crippen LogP contribution >= 0.6 is 11.6 Å². The maximum absolute atomic E-state index is 12.3. The molecule has 31 heavy (non-hydrogen) atoms. The summed E-state index contributed by atoms with van der Waals surface area (Å²) in [5.41, 5.74) is 1.60. The summed E-state index contributed by atoms with van der Waals surface area (Å²) < 4.78 is 6.74. The van der Waals surface area contributed by atoms with Crippen molar-refractivity contribution in [3.05, 3.63) is 52.9 Å². The summed E-state index contributed by atoms with van der Waals surface area (Å²) in [6.45, 7) is 1.53. The van der Waals surface area contributed by atoms with Gasteiger partial charge in [-0.1, -0.05) is 23.7 Å². The van der Waals surface area contributed by atoms with E-state index in [2.05, 4.69) is 15.4 Å². The van der Waals surface area contributed by atoms with Crippen molar-refractivity contribution in [2.24, 2.45) is 0 Å². The number of ether oxygens (including phenoxy) is 1. The fourth-order valence-corrected chi connectivity index (χ4v) is 3.21. The van der Waals surface area contributed by atoms with Crippen molar-refractivity contribution in [3.63, 3.8) is 0 Å². The number of imidazole rings is 1. The average molecular weight is 448 g/mol. The summed E-state index contributed by atoms with van der Waals surface area (Å²) in [6.07, 6.45) is 1.57. The van der Waals surface area contributed by atoms with E-state index in [1.807, 2.05) is 36.2 Å². The van der Waals surface area contributed by atoms with Gasteiger partial charge in [-0.05, 0) is 24.6 Å². The van der Waals surface area contributed by atoms with E-state index in [0.717, 1.165) is 17.0 Å². The summed E-state index contributed by atoms with van der Waals surface area (Å²) in [4.78, 5) is 18.7. The van der Waals surface area contributed by atoms with Gasteiger partial charge in [-0.2, -0.15) is 5.10 Å². The molecule has 0 unspecified atom stereocenters. The van der Waals surface area contributed by atoms with E-state index in [0.29, 0.717) is 17.9 Å². The number of fused-ring (bicyclic) bond motifs is 1. The van der Waals surface area contributed by atoms with Crippen LogP contribution in [0, 0.1) is 0 Å². The quantitative estimate of drug-likeness (QED) is 0.455. The summed E-state index contributed by atoms with van der Waals surface area (Å²) in [5, 5.41) is 26.1. The van der Waals surface area contributed by atoms with Gasteiger partial charge in [0.25, 0.3) is 0 Å². The lowest BCUT2D eigenvalue weighted by atomic mass is 10.1. The molecule has 0 saturated carbocycles. The Labute approximate surface area is 185 Å². The van der Waals surface area contributed by atoms with E-state index in [1.165, 1.54) is 6.92 Å². The fraction of sp³-hybridized carbons (Fsp3) is 0.381. The van der Waals surface area contributed by atoms with Gasteiger partial charge in [-0.15, -0.1) is 0 Å². The summed E-state index contributed by atoms with van der Waals surface area (Å²) >= 11 is 6.25. The third-order valence-corrected chi connectivity index (χ3v) is 5.01. The Morgan fingerprint density at radius 2 is 2.06 bits per heavy atom. The maximum atomic E-state index is 12.3. The smallest absolute Gasteiger partial charge is 0.226 e. The third kappa shape index (κ3) is 5.63. The molecule has 3 rings (SSSR count). The van der Waals surface area contributed by atoms with E-state index in [1.54, 1.807) is 23.9 Å². The minimum absolute atomic E-state index is 0.00233. The fourth-order valence-electron chi connectivity index (χ4n) is 3.03. The molecule has 2 heterocycles. The minimum atomic E-state index is -1.38. The van der Waals surface area contributed by atoms with E-state index in [-0.39, 0.29) is 24.0 Å². The highest BCUT2D eigenvalue weighted by Gasteiger charge is 2.21. The number of methoxy groups -OCH3 is 1. The Morgan fingerprint density at radius 3 is 2.71 bits per heavy atom. The SMILES string of the molecule is COc1ccc(CN(C)c2cc(Cl)nn3c(CC(=O)NC[C@](C)(O)CO)cnc23)cc1. The molecule has 0 aliphatic carbocycles. The van der Waals surface area contributed by atoms with E-state index >= 15 is 0 Å². The van der Waals surface area contributed by atoms with Gasteiger partial charge < -0.3 is 25.2 Å². The highest BCUT2D eigenvalue weighted by molar-refractivity contribution is 6.29. The van der Waals surface area contributed by atoms with Crippen LogP contribution in [0.2, 0.25) is 5.15 Å². The van der Waals surface area contributed by atoms with Gasteiger partial charge in [-0.3, -0.25) is 4.79 Å². The minimum Gasteiger partial charge on any atom is -0.497 e. The predicted octanol–water partition coefficient (Wildman–Crippen LogP) is 1.43. The van der Waals surface area contributed by atoms with Crippen molar-refractivity contribution in [1.29, 1.82) is 0 Å². The highest BCUT2D eigenvalue weighted by Crippen LogP contribution is 2.25. The molecule has 9 nitrogen and oxygen atoms in total. The third-order valence-electron chi connectivity index (χ3n) is 4.83. The van der Waals surface area contributed by atoms with Crippen LogP contribution in [0.5, 0.6) is 5.75 Å². The second-order valence-electron chi connectivity index (χ2n) is 7.65. The number of halogens is 1. The number of carbonyl (C=O) groups is 1. The van der Waals surface area contributed by atoms with Crippen LogP contribution in [0.25, 0.3) is 5.65 Å². The van der Waals surface area contributed by atoms with Crippen molar-refractivity contribution >= 4 is 28.8 Å². The van der Waals surface area contributed by atoms with Crippen LogP contribution in [-0.4, -0.2) is 63.6 Å². The van der Waals surface area contributed by atoms with Gasteiger partial charge in [0.15, 0.2) is 10.8 Å². The Bertz CT molecular complexity index is 1050. The lowest BCUT2D eigenvalue weighted by Gasteiger charge is -2.21. The van der Waals surface area contributed by atoms with Gasteiger partial charge >= 0.3 is 0 Å². The molecule has 0 fully saturated rings. The van der Waals surface area contributed by atoms with Crippen LogP contribution in [0.3, 0.4) is 0 Å². The zero-order valence-electron chi connectivity index (χ0n) is 17.7. The first kappa shape index (κ1) is 22.8. The first-order chi connectivity index (χ1) is 14.7. The number of rotatable bonds is 9. The molecule has 0 spiro atoms. The first-order valence-electron chi connectivity index (χ1n) is 9.69. The molecular weight excluding hydrogens is 422 g/mol. The number of hydrogen-bond acceptors (Lipinski definition) is 7. The van der Waals surface area contributed by atoms with Crippen LogP contribution in [0.4, 0.5) is 5.69 Å². The lowest BCUT2D eigenvalue weighted by Crippen LogP contribution is -2.43. The molecule has 0 saturated heterocycles. The largest absolute Gasteiger partial charge is 0.497 e. The van der Waals surface area contributed by atoms with E-state index < -0.39 is 12.2 Å². The molecule has 3 N–H and O–H groups in total. The van der Waals surface area contributed by atoms with Crippen molar-refractivity contribution in [1.82, 2.24) is 19.9 Å². The van der Waals surface area contributed by atoms with E-state index in [9.17, 15) is 9.90 Å². The number of anilines is 1. The second kappa shape index (κ2) is 9.51. The second-order valence-corrected chi connectivity index (χ2v) is 8.04. The Hall–Kier alpha value is -2.88. The topological polar surface area (TPSA) is 112 Å². The Kier molecular flexibility index (Phi) is 6.99. The Balaban J connectivity index is 1.79. The van der Waals surface area contributed by atoms with Crippen molar-refractivity contribution in [2.45, 2.75) is 25.5 Å². The van der Waals surface area contributed by atoms with Crippen LogP contribution < -0.4 is 15.0 Å². The van der Waals surface area contributed by atoms with Gasteiger partial charge in [-0.25, -0.2) is 9.50 Å². The average Bonchev–Trinajstić information content (AvgIpc) is 3.14. The number of hydrogen-bond donors (Lipinski definition) is 3. The van der Waals surface area contributed by atoms with Gasteiger partial charge in [0.05, 0.1) is 37.7 Å². The summed E-state index contributed by atoms with van der Waals surface area (Å²) in [7, 11) is 3.55. The molecule has 10 heteroatoms. The zero-order chi connectivity index (χ0) is 22.6. The molecule has 1 aromatic carbocycles. The molecule has 3 aromatic rings. The standard InChI is InChI=1S/C21H26ClN5O4/c1-21(30,13-28)12-24-19(29)8-15-10-23-20-17(9-18(22)25-27(15)20)26(2)11-14-4-6-16(31-3)7-5-14/h4-7,9-10,28,30H,8,11-13H2,1-3H3,(H,24,29)/t21-/m0/s1. The molecule has 0 bridgehead atoms. The molecule has 0 radical (unpaired) electrons. The summed E-state index contributed by atoms with van der Waals surface area (Å²) in [5.74, 6) is 0.461. The maximum Gasteiger partial charge on any atom is 0.226 e. The summed E-state index contributed by atoms with van der Waals surface area (Å²) in [6, 6.07) is 9.50. The predicted molar refractivity (Wildman–Crippen MR) is 118 cm³/mol. The number of nitrogens with one attached hydrogen (secondary N) is 1. The number of aromatic nitrogens is 3. The molecule has 0 aliphatic heterocycles. The van der Waals surface area contributed by atoms with Crippen molar-refractivity contribution in [3.8, 4) is 5.75 Å². The monoisotopic (exact) mass is 447 g/mol. The molecular formula is C21H26ClN5O4. The van der Waals surface area contributed by atoms with E-state index in [4.69, 9.17) is 21.4 Å². The van der Waals surface area contributed by atoms with Crippen LogP contribution in [0.1, 0.15) is 18.2 Å². The number of nitrogens with zero attached hydrogens (tertiary/aromatic N) is 4. The molecule has 1 atom stereocenters. The van der Waals surface area contributed by atoms with Gasteiger partial charge in [0, 0.05) is 26.2 Å². The van der Waals surface area contributed by atoms with Crippen LogP contribution in [0.15, 0.2) is 36.5 Å². The molecule has 166 valence electrons. The number of amides is 1. The lowest BCUT2D eigenvalue weighted by molar-refractivity contribution is -0.122. The zero-order valence-corrected chi connectivity index (χ0v) is 18.4. The highest BCUT2D eigenvalue weighted by atomic mass is 35.5. The van der Waals surface area contributed by atoms with Crippen LogP contribution in [-0.2, 0) is 17.8 Å².